The Kier molecular flexibility index (Phi) is 4.78. The molecular weight excluding hydrogens is 271 g/mol. The van der Waals surface area contributed by atoms with Gasteiger partial charge in [-0.1, -0.05) is 30.9 Å². The molecule has 5 heteroatoms. The Hall–Kier alpha value is -0.870. The van der Waals surface area contributed by atoms with Crippen LogP contribution >= 0.6 is 23.8 Å². The monoisotopic (exact) mass is 286 g/mol. The van der Waals surface area contributed by atoms with E-state index in [4.69, 9.17) is 23.8 Å². The van der Waals surface area contributed by atoms with Crippen molar-refractivity contribution in [3.63, 3.8) is 0 Å². The summed E-state index contributed by atoms with van der Waals surface area (Å²) in [5.41, 5.74) is 0.631. The van der Waals surface area contributed by atoms with Gasteiger partial charge in [0, 0.05) is 6.04 Å². The quantitative estimate of drug-likeness (QED) is 0.801. The van der Waals surface area contributed by atoms with E-state index in [0.717, 1.165) is 12.8 Å². The van der Waals surface area contributed by atoms with E-state index in [1.54, 1.807) is 6.07 Å². The lowest BCUT2D eigenvalue weighted by Crippen LogP contribution is -2.38. The Balaban J connectivity index is 1.90. The molecule has 98 valence electrons. The van der Waals surface area contributed by atoms with Gasteiger partial charge in [0.15, 0.2) is 5.11 Å². The highest BCUT2D eigenvalue weighted by Crippen LogP contribution is 2.23. The molecule has 0 radical (unpaired) electrons. The predicted molar refractivity (Wildman–Crippen MR) is 77.6 cm³/mol. The first kappa shape index (κ1) is 13.6. The van der Waals surface area contributed by atoms with Gasteiger partial charge in [0.25, 0.3) is 0 Å². The van der Waals surface area contributed by atoms with Crippen molar-refractivity contribution in [3.8, 4) is 0 Å². The number of hydrogen-bond acceptors (Lipinski definition) is 1. The maximum absolute atomic E-state index is 12.9. The number of rotatable bonds is 2. The van der Waals surface area contributed by atoms with Crippen LogP contribution in [0.4, 0.5) is 10.1 Å². The molecule has 2 rings (SSSR count). The second-order valence-corrected chi connectivity index (χ2v) is 5.37. The molecule has 1 fully saturated rings. The number of benzene rings is 1. The van der Waals surface area contributed by atoms with Gasteiger partial charge >= 0.3 is 0 Å². The molecule has 2 N–H and O–H groups in total. The first-order chi connectivity index (χ1) is 8.65. The average molecular weight is 287 g/mol. The predicted octanol–water partition coefficient (Wildman–Crippen LogP) is 4.10. The maximum atomic E-state index is 12.9. The topological polar surface area (TPSA) is 24.1 Å². The molecule has 0 saturated heterocycles. The Morgan fingerprint density at radius 3 is 2.67 bits per heavy atom. The minimum atomic E-state index is -0.350. The molecule has 0 aromatic heterocycles. The van der Waals surface area contributed by atoms with E-state index in [-0.39, 0.29) is 5.82 Å². The molecule has 0 amide bonds. The molecule has 0 bridgehead atoms. The summed E-state index contributed by atoms with van der Waals surface area (Å²) >= 11 is 11.2. The van der Waals surface area contributed by atoms with Gasteiger partial charge in [-0.25, -0.2) is 4.39 Å². The van der Waals surface area contributed by atoms with Crippen LogP contribution in [0.3, 0.4) is 0 Å². The zero-order chi connectivity index (χ0) is 13.0. The summed E-state index contributed by atoms with van der Waals surface area (Å²) in [7, 11) is 0. The van der Waals surface area contributed by atoms with Crippen molar-refractivity contribution in [2.24, 2.45) is 0 Å². The normalized spacial score (nSPS) is 16.3. The fourth-order valence-corrected chi connectivity index (χ4v) is 2.67. The summed E-state index contributed by atoms with van der Waals surface area (Å²) in [5, 5.41) is 7.17. The first-order valence-electron chi connectivity index (χ1n) is 6.18. The SMILES string of the molecule is Fc1ccc(NC(=S)NC2CCCCC2)c(Cl)c1. The maximum Gasteiger partial charge on any atom is 0.171 e. The van der Waals surface area contributed by atoms with Crippen molar-refractivity contribution in [2.45, 2.75) is 38.1 Å². The van der Waals surface area contributed by atoms with Crippen LogP contribution in [0.15, 0.2) is 18.2 Å². The fraction of sp³-hybridized carbons (Fsp3) is 0.462. The Morgan fingerprint density at radius 2 is 2.00 bits per heavy atom. The van der Waals surface area contributed by atoms with E-state index in [2.05, 4.69) is 10.6 Å². The van der Waals surface area contributed by atoms with Crippen LogP contribution in [0.1, 0.15) is 32.1 Å². The molecule has 0 unspecified atom stereocenters. The zero-order valence-electron chi connectivity index (χ0n) is 10.0. The molecule has 0 spiro atoms. The molecule has 0 atom stereocenters. The average Bonchev–Trinajstić information content (AvgIpc) is 2.34. The number of anilines is 1. The largest absolute Gasteiger partial charge is 0.360 e. The smallest absolute Gasteiger partial charge is 0.171 e. The van der Waals surface area contributed by atoms with Crippen LogP contribution in [0, 0.1) is 5.82 Å². The van der Waals surface area contributed by atoms with Gasteiger partial charge in [0.1, 0.15) is 5.82 Å². The number of thiocarbonyl (C=S) groups is 1. The van der Waals surface area contributed by atoms with Crippen LogP contribution < -0.4 is 10.6 Å². The van der Waals surface area contributed by atoms with Crippen molar-refractivity contribution in [1.82, 2.24) is 5.32 Å². The Morgan fingerprint density at radius 1 is 1.28 bits per heavy atom. The highest BCUT2D eigenvalue weighted by Gasteiger charge is 2.14. The van der Waals surface area contributed by atoms with Gasteiger partial charge in [-0.05, 0) is 43.3 Å². The Labute approximate surface area is 117 Å². The minimum absolute atomic E-state index is 0.336. The first-order valence-corrected chi connectivity index (χ1v) is 6.96. The summed E-state index contributed by atoms with van der Waals surface area (Å²) in [4.78, 5) is 0. The van der Waals surface area contributed by atoms with Gasteiger partial charge < -0.3 is 10.6 Å². The summed E-state index contributed by atoms with van der Waals surface area (Å²) in [5.74, 6) is -0.350. The molecule has 0 heterocycles. The molecule has 1 aromatic rings. The summed E-state index contributed by atoms with van der Waals surface area (Å²) in [6, 6.07) is 4.66. The van der Waals surface area contributed by atoms with Gasteiger partial charge in [0.2, 0.25) is 0 Å². The highest BCUT2D eigenvalue weighted by molar-refractivity contribution is 7.80. The Bertz CT molecular complexity index is 433. The van der Waals surface area contributed by atoms with E-state index in [9.17, 15) is 4.39 Å². The van der Waals surface area contributed by atoms with Crippen LogP contribution in [-0.4, -0.2) is 11.2 Å². The van der Waals surface area contributed by atoms with E-state index >= 15 is 0 Å². The second-order valence-electron chi connectivity index (χ2n) is 4.56. The third-order valence-electron chi connectivity index (χ3n) is 3.12. The summed E-state index contributed by atoms with van der Waals surface area (Å²) in [6.07, 6.45) is 6.11. The molecule has 18 heavy (non-hydrogen) atoms. The van der Waals surface area contributed by atoms with Gasteiger partial charge in [0.05, 0.1) is 10.7 Å². The second kappa shape index (κ2) is 6.34. The third-order valence-corrected chi connectivity index (χ3v) is 3.65. The van der Waals surface area contributed by atoms with Gasteiger partial charge in [-0.15, -0.1) is 0 Å². The van der Waals surface area contributed by atoms with Crippen molar-refractivity contribution in [3.05, 3.63) is 29.0 Å². The molecular formula is C13H16ClFN2S. The van der Waals surface area contributed by atoms with E-state index < -0.39 is 0 Å². The lowest BCUT2D eigenvalue weighted by molar-refractivity contribution is 0.415. The molecule has 1 aliphatic rings. The molecule has 1 saturated carbocycles. The molecule has 1 aliphatic carbocycles. The van der Waals surface area contributed by atoms with E-state index in [1.807, 2.05) is 0 Å². The van der Waals surface area contributed by atoms with Crippen molar-refractivity contribution < 1.29 is 4.39 Å². The van der Waals surface area contributed by atoms with Crippen molar-refractivity contribution in [1.29, 1.82) is 0 Å². The number of hydrogen-bond donors (Lipinski definition) is 2. The van der Waals surface area contributed by atoms with E-state index in [1.165, 1.54) is 31.4 Å². The van der Waals surface area contributed by atoms with Crippen LogP contribution in [0.2, 0.25) is 5.02 Å². The van der Waals surface area contributed by atoms with Crippen molar-refractivity contribution in [2.75, 3.05) is 5.32 Å². The van der Waals surface area contributed by atoms with Crippen molar-refractivity contribution >= 4 is 34.6 Å². The van der Waals surface area contributed by atoms with E-state index in [0.29, 0.717) is 21.9 Å². The van der Waals surface area contributed by atoms with Crippen LogP contribution in [0.25, 0.3) is 0 Å². The fourth-order valence-electron chi connectivity index (χ4n) is 2.18. The van der Waals surface area contributed by atoms with Crippen LogP contribution in [0.5, 0.6) is 0 Å². The zero-order valence-corrected chi connectivity index (χ0v) is 11.6. The molecule has 1 aromatic carbocycles. The standard InChI is InChI=1S/C13H16ClFN2S/c14-11-8-9(15)6-7-12(11)17-13(18)16-10-4-2-1-3-5-10/h6-8,10H,1-5H2,(H2,16,17,18). The lowest BCUT2D eigenvalue weighted by atomic mass is 9.96. The van der Waals surface area contributed by atoms with Gasteiger partial charge in [-0.3, -0.25) is 0 Å². The third kappa shape index (κ3) is 3.82. The van der Waals surface area contributed by atoms with Gasteiger partial charge in [-0.2, -0.15) is 0 Å². The molecule has 2 nitrogen and oxygen atoms in total. The van der Waals surface area contributed by atoms with Crippen LogP contribution in [-0.2, 0) is 0 Å². The lowest BCUT2D eigenvalue weighted by Gasteiger charge is -2.24. The number of halogens is 2. The highest BCUT2D eigenvalue weighted by atomic mass is 35.5. The summed E-state index contributed by atoms with van der Waals surface area (Å²) < 4.78 is 12.9. The molecule has 0 aliphatic heterocycles. The minimum Gasteiger partial charge on any atom is -0.360 e. The summed E-state index contributed by atoms with van der Waals surface area (Å²) in [6.45, 7) is 0. The number of nitrogens with one attached hydrogen (secondary N) is 2.